The van der Waals surface area contributed by atoms with Crippen molar-refractivity contribution in [3.05, 3.63) is 35.9 Å². The minimum Gasteiger partial charge on any atom is -0.466 e. The highest BCUT2D eigenvalue weighted by molar-refractivity contribution is 5.84. The van der Waals surface area contributed by atoms with Crippen LogP contribution < -0.4 is 0 Å². The number of carbonyl (C=O) groups is 2. The Kier molecular flexibility index (Phi) is 8.65. The van der Waals surface area contributed by atoms with Gasteiger partial charge in [0.1, 0.15) is 5.78 Å². The second-order valence-corrected chi connectivity index (χ2v) is 7.96. The van der Waals surface area contributed by atoms with Gasteiger partial charge in [0.15, 0.2) is 6.29 Å². The quantitative estimate of drug-likeness (QED) is 0.439. The molecule has 1 heterocycles. The van der Waals surface area contributed by atoms with Gasteiger partial charge in [-0.05, 0) is 37.2 Å². The average molecular weight is 405 g/mol. The summed E-state index contributed by atoms with van der Waals surface area (Å²) in [7, 11) is 0. The van der Waals surface area contributed by atoms with Crippen molar-refractivity contribution in [1.29, 1.82) is 0 Å². The van der Waals surface area contributed by atoms with E-state index >= 15 is 0 Å². The van der Waals surface area contributed by atoms with E-state index in [1.54, 1.807) is 0 Å². The van der Waals surface area contributed by atoms with E-state index in [1.165, 1.54) is 6.92 Å². The fourth-order valence-electron chi connectivity index (χ4n) is 4.20. The van der Waals surface area contributed by atoms with E-state index in [2.05, 4.69) is 0 Å². The molecule has 4 unspecified atom stereocenters. The Labute approximate surface area is 172 Å². The summed E-state index contributed by atoms with van der Waals surface area (Å²) in [5.41, 5.74) is 1.12. The van der Waals surface area contributed by atoms with Gasteiger partial charge in [0.25, 0.3) is 0 Å². The monoisotopic (exact) mass is 404 g/mol. The van der Waals surface area contributed by atoms with Crippen LogP contribution in [0.15, 0.2) is 30.3 Å². The Morgan fingerprint density at radius 3 is 2.72 bits per heavy atom. The van der Waals surface area contributed by atoms with E-state index in [0.29, 0.717) is 32.7 Å². The zero-order chi connectivity index (χ0) is 20.5. The third kappa shape index (κ3) is 6.91. The van der Waals surface area contributed by atoms with E-state index in [0.717, 1.165) is 31.4 Å². The largest absolute Gasteiger partial charge is 0.466 e. The second-order valence-electron chi connectivity index (χ2n) is 7.96. The van der Waals surface area contributed by atoms with Gasteiger partial charge in [0.05, 0.1) is 19.8 Å². The summed E-state index contributed by atoms with van der Waals surface area (Å²) in [6.07, 6.45) is 3.95. The molecule has 29 heavy (non-hydrogen) atoms. The number of benzene rings is 1. The molecule has 2 fully saturated rings. The molecule has 0 N–H and O–H groups in total. The molecule has 1 saturated heterocycles. The molecule has 0 aromatic heterocycles. The Bertz CT molecular complexity index is 640. The maximum atomic E-state index is 12.7. The smallest absolute Gasteiger partial charge is 0.302 e. The van der Waals surface area contributed by atoms with Crippen LogP contribution in [0.25, 0.3) is 0 Å². The molecular formula is C23H32O6. The first-order valence-electron chi connectivity index (χ1n) is 10.6. The molecule has 1 saturated carbocycles. The third-order valence-electron chi connectivity index (χ3n) is 5.80. The average Bonchev–Trinajstić information content (AvgIpc) is 3.04. The molecule has 3 rings (SSSR count). The first kappa shape index (κ1) is 21.9. The van der Waals surface area contributed by atoms with Crippen LogP contribution in [0, 0.1) is 17.8 Å². The number of hydrogen-bond donors (Lipinski definition) is 0. The van der Waals surface area contributed by atoms with Crippen molar-refractivity contribution in [2.75, 3.05) is 26.4 Å². The molecule has 1 aliphatic heterocycles. The molecule has 0 radical (unpaired) electrons. The van der Waals surface area contributed by atoms with Crippen LogP contribution in [0.4, 0.5) is 0 Å². The van der Waals surface area contributed by atoms with Crippen molar-refractivity contribution in [2.24, 2.45) is 17.8 Å². The van der Waals surface area contributed by atoms with Crippen LogP contribution in [-0.2, 0) is 35.1 Å². The molecular weight excluding hydrogens is 372 g/mol. The number of ketones is 1. The van der Waals surface area contributed by atoms with Crippen molar-refractivity contribution >= 4 is 11.8 Å². The van der Waals surface area contributed by atoms with E-state index < -0.39 is 0 Å². The highest BCUT2D eigenvalue weighted by atomic mass is 16.7. The van der Waals surface area contributed by atoms with Crippen LogP contribution in [0.1, 0.15) is 44.6 Å². The summed E-state index contributed by atoms with van der Waals surface area (Å²) in [5.74, 6) is -0.220. The molecule has 0 bridgehead atoms. The lowest BCUT2D eigenvalue weighted by Crippen LogP contribution is -2.31. The first-order valence-corrected chi connectivity index (χ1v) is 10.6. The SMILES string of the molecule is CC(=O)OCC1CC(=O)C(CCOCc2ccccc2)C1COC1CCCCO1. The Hall–Kier alpha value is -1.76. The lowest BCUT2D eigenvalue weighted by atomic mass is 9.88. The Morgan fingerprint density at radius 2 is 2.00 bits per heavy atom. The Morgan fingerprint density at radius 1 is 1.17 bits per heavy atom. The van der Waals surface area contributed by atoms with Gasteiger partial charge in [-0.25, -0.2) is 0 Å². The fraction of sp³-hybridized carbons (Fsp3) is 0.652. The minimum absolute atomic E-state index is 0.00545. The number of hydrogen-bond acceptors (Lipinski definition) is 6. The van der Waals surface area contributed by atoms with Crippen LogP contribution in [-0.4, -0.2) is 44.5 Å². The van der Waals surface area contributed by atoms with Crippen LogP contribution in [0.2, 0.25) is 0 Å². The molecule has 0 spiro atoms. The van der Waals surface area contributed by atoms with Gasteiger partial charge in [0, 0.05) is 38.4 Å². The highest BCUT2D eigenvalue weighted by Crippen LogP contribution is 2.37. The van der Waals surface area contributed by atoms with Gasteiger partial charge < -0.3 is 18.9 Å². The fourth-order valence-corrected chi connectivity index (χ4v) is 4.20. The normalized spacial score (nSPS) is 27.1. The molecule has 1 aliphatic carbocycles. The number of esters is 1. The van der Waals surface area contributed by atoms with Crippen LogP contribution in [0.5, 0.6) is 0 Å². The van der Waals surface area contributed by atoms with Crippen molar-refractivity contribution in [2.45, 2.75) is 51.9 Å². The predicted molar refractivity (Wildman–Crippen MR) is 107 cm³/mol. The summed E-state index contributed by atoms with van der Waals surface area (Å²) in [4.78, 5) is 23.9. The summed E-state index contributed by atoms with van der Waals surface area (Å²) >= 11 is 0. The van der Waals surface area contributed by atoms with Crippen molar-refractivity contribution in [1.82, 2.24) is 0 Å². The molecule has 4 atom stereocenters. The summed E-state index contributed by atoms with van der Waals surface area (Å²) in [5, 5.41) is 0. The number of ether oxygens (including phenoxy) is 4. The highest BCUT2D eigenvalue weighted by Gasteiger charge is 2.43. The number of Topliss-reactive ketones (excluding diaryl/α,β-unsaturated/α-hetero) is 1. The van der Waals surface area contributed by atoms with Crippen molar-refractivity contribution in [3.8, 4) is 0 Å². The molecule has 2 aliphatic rings. The van der Waals surface area contributed by atoms with Gasteiger partial charge in [-0.15, -0.1) is 0 Å². The van der Waals surface area contributed by atoms with Gasteiger partial charge in [0.2, 0.25) is 0 Å². The topological polar surface area (TPSA) is 71.1 Å². The van der Waals surface area contributed by atoms with Gasteiger partial charge in [-0.1, -0.05) is 30.3 Å². The van der Waals surface area contributed by atoms with Gasteiger partial charge in [-0.3, -0.25) is 9.59 Å². The lowest BCUT2D eigenvalue weighted by molar-refractivity contribution is -0.175. The molecule has 1 aromatic rings. The van der Waals surface area contributed by atoms with Crippen molar-refractivity contribution < 1.29 is 28.5 Å². The first-order chi connectivity index (χ1) is 14.1. The summed E-state index contributed by atoms with van der Waals surface area (Å²) in [6.45, 7) is 3.89. The molecule has 6 nitrogen and oxygen atoms in total. The van der Waals surface area contributed by atoms with E-state index in [4.69, 9.17) is 18.9 Å². The van der Waals surface area contributed by atoms with Gasteiger partial charge >= 0.3 is 5.97 Å². The summed E-state index contributed by atoms with van der Waals surface area (Å²) < 4.78 is 22.7. The van der Waals surface area contributed by atoms with Crippen molar-refractivity contribution in [3.63, 3.8) is 0 Å². The number of carbonyl (C=O) groups excluding carboxylic acids is 2. The van der Waals surface area contributed by atoms with Crippen LogP contribution in [0.3, 0.4) is 0 Å². The predicted octanol–water partition coefficient (Wildman–Crippen LogP) is 3.52. The molecule has 6 heteroatoms. The van der Waals surface area contributed by atoms with E-state index in [1.807, 2.05) is 30.3 Å². The molecule has 1 aromatic carbocycles. The number of rotatable bonds is 10. The third-order valence-corrected chi connectivity index (χ3v) is 5.80. The van der Waals surface area contributed by atoms with Gasteiger partial charge in [-0.2, -0.15) is 0 Å². The summed E-state index contributed by atoms with van der Waals surface area (Å²) in [6, 6.07) is 10.00. The maximum Gasteiger partial charge on any atom is 0.302 e. The lowest BCUT2D eigenvalue weighted by Gasteiger charge is -2.28. The second kappa shape index (κ2) is 11.4. The zero-order valence-electron chi connectivity index (χ0n) is 17.2. The van der Waals surface area contributed by atoms with E-state index in [9.17, 15) is 9.59 Å². The standard InChI is InChI=1S/C23H32O6/c1-17(24)28-15-19-13-22(25)20(10-12-26-14-18-7-3-2-4-8-18)21(19)16-29-23-9-5-6-11-27-23/h2-4,7-8,19-21,23H,5-6,9-16H2,1H3. The van der Waals surface area contributed by atoms with E-state index in [-0.39, 0.29) is 42.4 Å². The Balaban J connectivity index is 1.52. The van der Waals surface area contributed by atoms with Crippen LogP contribution >= 0.6 is 0 Å². The minimum atomic E-state index is -0.317. The molecule has 0 amide bonds. The maximum absolute atomic E-state index is 12.7. The zero-order valence-corrected chi connectivity index (χ0v) is 17.2. The molecule has 160 valence electrons.